The number of nitrogens with one attached hydrogen (secondary N) is 1. The Labute approximate surface area is 208 Å². The molecule has 12 heteroatoms. The number of hydrogen-bond acceptors (Lipinski definition) is 8. The van der Waals surface area contributed by atoms with Gasteiger partial charge in [0.15, 0.2) is 16.4 Å². The zero-order chi connectivity index (χ0) is 26.3. The van der Waals surface area contributed by atoms with E-state index in [0.29, 0.717) is 22.8 Å². The number of nitrogens with zero attached hydrogens (tertiary/aromatic N) is 3. The molecule has 0 bridgehead atoms. The average molecular weight is 513 g/mol. The van der Waals surface area contributed by atoms with Gasteiger partial charge in [0.1, 0.15) is 6.54 Å². The highest BCUT2D eigenvalue weighted by Crippen LogP contribution is 2.30. The number of ether oxygens (including phenoxy) is 2. The fourth-order valence-corrected chi connectivity index (χ4v) is 4.87. The number of rotatable bonds is 10. The molecule has 0 unspecified atom stereocenters. The van der Waals surface area contributed by atoms with E-state index in [0.717, 1.165) is 16.4 Å². The number of carbonyl (C=O) groups excluding carboxylic acids is 1. The number of methoxy groups -OCH3 is 2. The fraction of sp³-hybridized carbons (Fsp3) is 0.167. The molecule has 0 aliphatic rings. The number of benzene rings is 3. The molecule has 0 saturated carbocycles. The van der Waals surface area contributed by atoms with Gasteiger partial charge in [-0.2, -0.15) is 5.10 Å². The van der Waals surface area contributed by atoms with Gasteiger partial charge in [-0.3, -0.25) is 19.2 Å². The number of hydrazone groups is 1. The van der Waals surface area contributed by atoms with Crippen molar-refractivity contribution in [3.05, 3.63) is 88.5 Å². The highest BCUT2D eigenvalue weighted by Gasteiger charge is 2.33. The number of nitro groups is 1. The summed E-state index contributed by atoms with van der Waals surface area (Å²) in [6.07, 6.45) is 0. The molecule has 3 aromatic carbocycles. The lowest BCUT2D eigenvalue weighted by atomic mass is 10.1. The Balaban J connectivity index is 1.90. The lowest BCUT2D eigenvalue weighted by Crippen LogP contribution is -2.40. The number of sulfonamides is 1. The molecule has 0 fully saturated rings. The Morgan fingerprint density at radius 2 is 1.64 bits per heavy atom. The van der Waals surface area contributed by atoms with Crippen LogP contribution in [0.4, 0.5) is 11.4 Å². The summed E-state index contributed by atoms with van der Waals surface area (Å²) in [6, 6.07) is 17.9. The normalized spacial score (nSPS) is 11.5. The number of nitro benzene ring substituents is 1. The van der Waals surface area contributed by atoms with Crippen LogP contribution < -0.4 is 19.2 Å². The third-order valence-electron chi connectivity index (χ3n) is 5.11. The Morgan fingerprint density at radius 1 is 1.00 bits per heavy atom. The molecule has 0 radical (unpaired) electrons. The van der Waals surface area contributed by atoms with Crippen LogP contribution in [0.15, 0.2) is 82.8 Å². The second kappa shape index (κ2) is 11.3. The van der Waals surface area contributed by atoms with Gasteiger partial charge in [-0.15, -0.1) is 0 Å². The average Bonchev–Trinajstić information content (AvgIpc) is 2.90. The van der Waals surface area contributed by atoms with E-state index >= 15 is 0 Å². The molecular weight excluding hydrogens is 488 g/mol. The Hall–Kier alpha value is -4.45. The molecule has 1 amide bonds. The van der Waals surface area contributed by atoms with Crippen LogP contribution in [0, 0.1) is 10.1 Å². The highest BCUT2D eigenvalue weighted by atomic mass is 32.2. The molecule has 1 N–H and O–H groups in total. The molecule has 11 nitrogen and oxygen atoms in total. The Kier molecular flexibility index (Phi) is 8.22. The van der Waals surface area contributed by atoms with E-state index in [1.165, 1.54) is 38.5 Å². The summed E-state index contributed by atoms with van der Waals surface area (Å²) >= 11 is 0. The summed E-state index contributed by atoms with van der Waals surface area (Å²) in [4.78, 5) is 22.9. The molecule has 3 rings (SSSR count). The van der Waals surface area contributed by atoms with Gasteiger partial charge in [0.2, 0.25) is 0 Å². The second-order valence-corrected chi connectivity index (χ2v) is 9.20. The van der Waals surface area contributed by atoms with Gasteiger partial charge in [0.25, 0.3) is 21.6 Å². The van der Waals surface area contributed by atoms with Crippen LogP contribution in [0.3, 0.4) is 0 Å². The van der Waals surface area contributed by atoms with Crippen LogP contribution >= 0.6 is 0 Å². The largest absolute Gasteiger partial charge is 0.493 e. The van der Waals surface area contributed by atoms with Crippen LogP contribution in [0.5, 0.6) is 11.5 Å². The maximum atomic E-state index is 13.5. The van der Waals surface area contributed by atoms with E-state index in [1.54, 1.807) is 43.3 Å². The van der Waals surface area contributed by atoms with E-state index in [-0.39, 0.29) is 5.69 Å². The zero-order valence-corrected chi connectivity index (χ0v) is 20.6. The van der Waals surface area contributed by atoms with Gasteiger partial charge in [-0.05, 0) is 43.3 Å². The fourth-order valence-electron chi connectivity index (χ4n) is 3.29. The molecule has 3 aromatic rings. The molecule has 0 aliphatic heterocycles. The van der Waals surface area contributed by atoms with Gasteiger partial charge < -0.3 is 9.47 Å². The van der Waals surface area contributed by atoms with Crippen molar-refractivity contribution in [2.75, 3.05) is 25.1 Å². The van der Waals surface area contributed by atoms with Crippen LogP contribution in [0.2, 0.25) is 0 Å². The van der Waals surface area contributed by atoms with E-state index in [4.69, 9.17) is 9.47 Å². The molecule has 0 aromatic heterocycles. The molecule has 0 atom stereocenters. The third-order valence-corrected chi connectivity index (χ3v) is 6.93. The topological polar surface area (TPSA) is 140 Å². The predicted octanol–water partition coefficient (Wildman–Crippen LogP) is 3.35. The minimum atomic E-state index is -4.48. The summed E-state index contributed by atoms with van der Waals surface area (Å²) in [7, 11) is -1.48. The minimum Gasteiger partial charge on any atom is -0.493 e. The van der Waals surface area contributed by atoms with Crippen molar-refractivity contribution in [1.82, 2.24) is 5.43 Å². The molecule has 0 heterocycles. The maximum absolute atomic E-state index is 13.5. The van der Waals surface area contributed by atoms with Gasteiger partial charge >= 0.3 is 0 Å². The minimum absolute atomic E-state index is 0.159. The van der Waals surface area contributed by atoms with Crippen molar-refractivity contribution < 1.29 is 27.6 Å². The summed E-state index contributed by atoms with van der Waals surface area (Å²) in [5.41, 5.74) is 2.97. The maximum Gasteiger partial charge on any atom is 0.289 e. The molecular formula is C24H24N4O7S. The highest BCUT2D eigenvalue weighted by molar-refractivity contribution is 7.93. The quantitative estimate of drug-likeness (QED) is 0.249. The third kappa shape index (κ3) is 5.78. The first-order valence-corrected chi connectivity index (χ1v) is 12.0. The summed E-state index contributed by atoms with van der Waals surface area (Å²) in [5.74, 6) is 0.249. The van der Waals surface area contributed by atoms with Crippen molar-refractivity contribution in [3.8, 4) is 11.5 Å². The van der Waals surface area contributed by atoms with E-state index < -0.39 is 38.0 Å². The first kappa shape index (κ1) is 26.2. The lowest BCUT2D eigenvalue weighted by Gasteiger charge is -2.23. The number of anilines is 1. The van der Waals surface area contributed by atoms with Crippen molar-refractivity contribution in [2.45, 2.75) is 11.8 Å². The van der Waals surface area contributed by atoms with Crippen LogP contribution in [-0.4, -0.2) is 45.7 Å². The first-order chi connectivity index (χ1) is 17.2. The summed E-state index contributed by atoms with van der Waals surface area (Å²) in [6.45, 7) is 0.988. The van der Waals surface area contributed by atoms with Crippen LogP contribution in [0.1, 0.15) is 12.5 Å². The summed E-state index contributed by atoms with van der Waals surface area (Å²) in [5, 5.41) is 15.5. The van der Waals surface area contributed by atoms with E-state index in [9.17, 15) is 23.3 Å². The zero-order valence-electron chi connectivity index (χ0n) is 19.7. The van der Waals surface area contributed by atoms with Gasteiger partial charge in [0, 0.05) is 11.6 Å². The van der Waals surface area contributed by atoms with Gasteiger partial charge in [-0.1, -0.05) is 30.3 Å². The molecule has 0 aliphatic carbocycles. The molecule has 188 valence electrons. The molecule has 36 heavy (non-hydrogen) atoms. The number of amides is 1. The molecule has 0 saturated heterocycles. The smallest absolute Gasteiger partial charge is 0.289 e. The van der Waals surface area contributed by atoms with E-state index in [2.05, 4.69) is 10.5 Å². The monoisotopic (exact) mass is 512 g/mol. The Bertz CT molecular complexity index is 1390. The first-order valence-electron chi connectivity index (χ1n) is 10.6. The summed E-state index contributed by atoms with van der Waals surface area (Å²) < 4.78 is 38.2. The number of para-hydroxylation sites is 2. The van der Waals surface area contributed by atoms with Crippen molar-refractivity contribution in [3.63, 3.8) is 0 Å². The lowest BCUT2D eigenvalue weighted by molar-refractivity contribution is -0.387. The van der Waals surface area contributed by atoms with Crippen molar-refractivity contribution >= 4 is 33.0 Å². The van der Waals surface area contributed by atoms with Gasteiger partial charge in [-0.25, -0.2) is 13.8 Å². The predicted molar refractivity (Wildman–Crippen MR) is 134 cm³/mol. The van der Waals surface area contributed by atoms with Crippen molar-refractivity contribution in [1.29, 1.82) is 0 Å². The van der Waals surface area contributed by atoms with E-state index in [1.807, 2.05) is 0 Å². The second-order valence-electron chi connectivity index (χ2n) is 7.37. The van der Waals surface area contributed by atoms with Crippen LogP contribution in [-0.2, 0) is 14.8 Å². The molecule has 0 spiro atoms. The Morgan fingerprint density at radius 3 is 2.28 bits per heavy atom. The standard InChI is InChI=1S/C24H24N4O7S/c1-17(18-13-14-21(34-2)22(15-18)35-3)25-26-24(29)16-27(19-9-5-4-6-10-19)36(32,33)23-12-8-7-11-20(23)28(30)31/h4-15H,16H2,1-3H3,(H,26,29)/b25-17-. The van der Waals surface area contributed by atoms with Crippen LogP contribution in [0.25, 0.3) is 0 Å². The SMILES string of the molecule is COc1ccc(/C(C)=N\NC(=O)CN(c2ccccc2)S(=O)(=O)c2ccccc2[N+](=O)[O-])cc1OC. The number of carbonyl (C=O) groups is 1. The van der Waals surface area contributed by atoms with Crippen molar-refractivity contribution in [2.24, 2.45) is 5.10 Å². The van der Waals surface area contributed by atoms with Gasteiger partial charge in [0.05, 0.1) is 30.5 Å². The number of hydrogen-bond donors (Lipinski definition) is 1.